The molecule has 0 saturated carbocycles. The summed E-state index contributed by atoms with van der Waals surface area (Å²) < 4.78 is 6.07. The zero-order valence-electron chi connectivity index (χ0n) is 18.9. The molecule has 0 unspecified atom stereocenters. The Labute approximate surface area is 197 Å². The van der Waals surface area contributed by atoms with Gasteiger partial charge in [0.1, 0.15) is 23.9 Å². The maximum atomic E-state index is 6.07. The molecule has 1 saturated heterocycles. The van der Waals surface area contributed by atoms with Gasteiger partial charge in [-0.1, -0.05) is 6.07 Å². The van der Waals surface area contributed by atoms with Crippen molar-refractivity contribution < 1.29 is 4.74 Å². The quantitative estimate of drug-likeness (QED) is 0.397. The molecule has 1 fully saturated rings. The molecule has 1 aromatic carbocycles. The molecule has 2 N–H and O–H groups in total. The van der Waals surface area contributed by atoms with Crippen LogP contribution in [0.4, 0.5) is 11.5 Å². The van der Waals surface area contributed by atoms with Gasteiger partial charge in [0.05, 0.1) is 17.4 Å². The van der Waals surface area contributed by atoms with Crippen LogP contribution in [0.25, 0.3) is 33.1 Å². The molecular weight excluding hydrogens is 426 g/mol. The number of piperidine rings is 1. The predicted molar refractivity (Wildman–Crippen MR) is 133 cm³/mol. The average Bonchev–Trinajstić information content (AvgIpc) is 3.31. The lowest BCUT2D eigenvalue weighted by Crippen LogP contribution is -2.35. The molecule has 1 aliphatic rings. The second kappa shape index (κ2) is 8.72. The van der Waals surface area contributed by atoms with Gasteiger partial charge in [-0.2, -0.15) is 0 Å². The molecule has 8 nitrogen and oxygen atoms in total. The topological polar surface area (TPSA) is 91.8 Å². The van der Waals surface area contributed by atoms with Crippen molar-refractivity contribution in [1.82, 2.24) is 29.8 Å². The number of benzene rings is 1. The number of pyridine rings is 2. The molecule has 4 aromatic heterocycles. The Kier molecular flexibility index (Phi) is 5.27. The molecule has 6 rings (SSSR count). The van der Waals surface area contributed by atoms with Crippen LogP contribution in [0, 0.1) is 0 Å². The number of aromatic nitrogens is 5. The van der Waals surface area contributed by atoms with E-state index in [1.165, 1.54) is 0 Å². The fourth-order valence-electron chi connectivity index (χ4n) is 4.45. The van der Waals surface area contributed by atoms with Gasteiger partial charge >= 0.3 is 0 Å². The number of H-pyrrole nitrogens is 1. The summed E-state index contributed by atoms with van der Waals surface area (Å²) in [6.45, 7) is 2.12. The number of hydrogen-bond donors (Lipinski definition) is 2. The molecule has 0 atom stereocenters. The molecule has 0 spiro atoms. The Morgan fingerprint density at radius 1 is 1.00 bits per heavy atom. The summed E-state index contributed by atoms with van der Waals surface area (Å²) in [4.78, 5) is 23.4. The van der Waals surface area contributed by atoms with Crippen molar-refractivity contribution in [2.45, 2.75) is 18.9 Å². The minimum atomic E-state index is 0.228. The van der Waals surface area contributed by atoms with E-state index in [0.29, 0.717) is 5.88 Å². The summed E-state index contributed by atoms with van der Waals surface area (Å²) in [6.07, 6.45) is 9.42. The lowest BCUT2D eigenvalue weighted by atomic mass is 10.0. The van der Waals surface area contributed by atoms with E-state index < -0.39 is 0 Å². The number of likely N-dealkylation sites (tertiary alicyclic amines) is 1. The summed E-state index contributed by atoms with van der Waals surface area (Å²) >= 11 is 0. The monoisotopic (exact) mass is 451 g/mol. The van der Waals surface area contributed by atoms with Crippen LogP contribution in [-0.2, 0) is 0 Å². The largest absolute Gasteiger partial charge is 0.474 e. The van der Waals surface area contributed by atoms with Gasteiger partial charge in [0, 0.05) is 47.9 Å². The molecule has 0 bridgehead atoms. The molecule has 0 aliphatic carbocycles. The highest BCUT2D eigenvalue weighted by atomic mass is 16.5. The highest BCUT2D eigenvalue weighted by molar-refractivity contribution is 5.99. The standard InChI is InChI=1S/C26H25N7O/c1-33-11-8-19(9-12-33)34-24-7-5-18(14-28-24)32-26-21-13-17(4-6-23(21)30-16-31-26)22-15-29-25-20(22)3-2-10-27-25/h2-7,10,13-16,19H,8-9,11-12H2,1H3,(H,27,29)(H,30,31,32). The van der Waals surface area contributed by atoms with Crippen LogP contribution in [-0.4, -0.2) is 56.1 Å². The van der Waals surface area contributed by atoms with Crippen LogP contribution in [0.1, 0.15) is 12.8 Å². The molecule has 0 amide bonds. The van der Waals surface area contributed by atoms with Crippen molar-refractivity contribution >= 4 is 33.4 Å². The van der Waals surface area contributed by atoms with Crippen LogP contribution in [0.2, 0.25) is 0 Å². The van der Waals surface area contributed by atoms with Crippen molar-refractivity contribution in [3.8, 4) is 17.0 Å². The maximum absolute atomic E-state index is 6.07. The summed E-state index contributed by atoms with van der Waals surface area (Å²) in [7, 11) is 2.15. The van der Waals surface area contributed by atoms with Gasteiger partial charge in [0.15, 0.2) is 0 Å². The molecule has 5 heterocycles. The van der Waals surface area contributed by atoms with Gasteiger partial charge in [0.2, 0.25) is 5.88 Å². The zero-order valence-corrected chi connectivity index (χ0v) is 18.9. The second-order valence-corrected chi connectivity index (χ2v) is 8.69. The van der Waals surface area contributed by atoms with E-state index in [1.807, 2.05) is 30.5 Å². The first-order valence-corrected chi connectivity index (χ1v) is 11.5. The minimum absolute atomic E-state index is 0.228. The molecule has 1 aliphatic heterocycles. The lowest BCUT2D eigenvalue weighted by molar-refractivity contribution is 0.110. The number of hydrogen-bond acceptors (Lipinski definition) is 7. The second-order valence-electron chi connectivity index (χ2n) is 8.69. The SMILES string of the molecule is CN1CCC(Oc2ccc(Nc3ncnc4ccc(-c5c[nH]c6ncccc56)cc34)cn2)CC1. The van der Waals surface area contributed by atoms with Crippen LogP contribution >= 0.6 is 0 Å². The van der Waals surface area contributed by atoms with Gasteiger partial charge in [-0.25, -0.2) is 19.9 Å². The summed E-state index contributed by atoms with van der Waals surface area (Å²) in [5.74, 6) is 1.39. The average molecular weight is 452 g/mol. The summed E-state index contributed by atoms with van der Waals surface area (Å²) in [5, 5.41) is 5.41. The number of anilines is 2. The smallest absolute Gasteiger partial charge is 0.213 e. The van der Waals surface area contributed by atoms with E-state index in [9.17, 15) is 0 Å². The highest BCUT2D eigenvalue weighted by Crippen LogP contribution is 2.32. The minimum Gasteiger partial charge on any atom is -0.474 e. The third kappa shape index (κ3) is 4.04. The van der Waals surface area contributed by atoms with E-state index in [2.05, 4.69) is 60.4 Å². The van der Waals surface area contributed by atoms with Crippen molar-refractivity contribution in [3.05, 3.63) is 67.4 Å². The number of fused-ring (bicyclic) bond motifs is 2. The van der Waals surface area contributed by atoms with Crippen molar-refractivity contribution in [2.75, 3.05) is 25.5 Å². The van der Waals surface area contributed by atoms with Gasteiger partial charge in [-0.3, -0.25) is 0 Å². The number of ether oxygens (including phenoxy) is 1. The van der Waals surface area contributed by atoms with Crippen molar-refractivity contribution in [2.24, 2.45) is 0 Å². The van der Waals surface area contributed by atoms with Gasteiger partial charge in [0.25, 0.3) is 0 Å². The van der Waals surface area contributed by atoms with E-state index in [4.69, 9.17) is 4.74 Å². The predicted octanol–water partition coefficient (Wildman–Crippen LogP) is 4.78. The van der Waals surface area contributed by atoms with Crippen LogP contribution in [0.5, 0.6) is 5.88 Å². The van der Waals surface area contributed by atoms with Crippen molar-refractivity contribution in [3.63, 3.8) is 0 Å². The fraction of sp³-hybridized carbons (Fsp3) is 0.231. The van der Waals surface area contributed by atoms with Crippen LogP contribution in [0.3, 0.4) is 0 Å². The molecule has 8 heteroatoms. The number of rotatable bonds is 5. The maximum Gasteiger partial charge on any atom is 0.213 e. The van der Waals surface area contributed by atoms with Gasteiger partial charge < -0.3 is 19.9 Å². The van der Waals surface area contributed by atoms with Crippen LogP contribution in [0.15, 0.2) is 67.4 Å². The zero-order chi connectivity index (χ0) is 22.9. The first kappa shape index (κ1) is 20.6. The fourth-order valence-corrected chi connectivity index (χ4v) is 4.45. The highest BCUT2D eigenvalue weighted by Gasteiger charge is 2.18. The van der Waals surface area contributed by atoms with Gasteiger partial charge in [-0.05, 0) is 55.8 Å². The Morgan fingerprint density at radius 3 is 2.76 bits per heavy atom. The number of aromatic amines is 1. The Hall–Kier alpha value is -4.04. The Morgan fingerprint density at radius 2 is 1.91 bits per heavy atom. The van der Waals surface area contributed by atoms with Gasteiger partial charge in [-0.15, -0.1) is 0 Å². The van der Waals surface area contributed by atoms with E-state index in [-0.39, 0.29) is 6.10 Å². The third-order valence-electron chi connectivity index (χ3n) is 6.35. The molecule has 34 heavy (non-hydrogen) atoms. The molecule has 5 aromatic rings. The first-order chi connectivity index (χ1) is 16.7. The van der Waals surface area contributed by atoms with Crippen molar-refractivity contribution in [1.29, 1.82) is 0 Å². The summed E-state index contributed by atoms with van der Waals surface area (Å²) in [6, 6.07) is 14.1. The van der Waals surface area contributed by atoms with Crippen LogP contribution < -0.4 is 10.1 Å². The Bertz CT molecular complexity index is 1440. The van der Waals surface area contributed by atoms with E-state index in [1.54, 1.807) is 18.7 Å². The first-order valence-electron chi connectivity index (χ1n) is 11.5. The Balaban J connectivity index is 1.25. The summed E-state index contributed by atoms with van der Waals surface area (Å²) in [5.41, 5.74) is 4.75. The lowest BCUT2D eigenvalue weighted by Gasteiger charge is -2.28. The van der Waals surface area contributed by atoms with E-state index >= 15 is 0 Å². The molecular formula is C26H25N7O. The number of nitrogens with one attached hydrogen (secondary N) is 2. The molecule has 0 radical (unpaired) electrons. The van der Waals surface area contributed by atoms with E-state index in [0.717, 1.165) is 70.5 Å². The normalized spacial score (nSPS) is 15.1. The number of nitrogens with zero attached hydrogens (tertiary/aromatic N) is 5. The third-order valence-corrected chi connectivity index (χ3v) is 6.35. The molecule has 170 valence electrons.